The number of ether oxygens (including phenoxy) is 2. The maximum Gasteiger partial charge on any atom is 0.260 e. The highest BCUT2D eigenvalue weighted by Gasteiger charge is 2.41. The number of rotatable bonds is 6. The molecule has 0 radical (unpaired) electrons. The van der Waals surface area contributed by atoms with Gasteiger partial charge in [-0.3, -0.25) is 0 Å². The maximum atomic E-state index is 14.0. The standard InChI is InChI=1S/C16H20F3N3O2/c1-23-8-16(7-20)5-10-4-12(17)3-9(14(10)24-16)2-11-6-21-22-13(11)15(18)19/h3-4,6,11,13,15,22H,2,5,7-8,20H2,1H3/t11?,13-,16?/m0/s1. The summed E-state index contributed by atoms with van der Waals surface area (Å²) in [6, 6.07) is 1.65. The van der Waals surface area contributed by atoms with Crippen LogP contribution < -0.4 is 15.9 Å². The van der Waals surface area contributed by atoms with Crippen molar-refractivity contribution in [3.05, 3.63) is 29.1 Å². The highest BCUT2D eigenvalue weighted by molar-refractivity contribution is 5.65. The van der Waals surface area contributed by atoms with E-state index in [1.54, 1.807) is 7.11 Å². The normalized spacial score (nSPS) is 28.1. The van der Waals surface area contributed by atoms with Crippen molar-refractivity contribution < 1.29 is 22.6 Å². The van der Waals surface area contributed by atoms with Crippen LogP contribution in [0.5, 0.6) is 5.75 Å². The van der Waals surface area contributed by atoms with Gasteiger partial charge in [-0.2, -0.15) is 5.10 Å². The van der Waals surface area contributed by atoms with Crippen molar-refractivity contribution in [1.29, 1.82) is 0 Å². The number of benzene rings is 1. The molecule has 0 saturated carbocycles. The van der Waals surface area contributed by atoms with Crippen LogP contribution in [0.3, 0.4) is 0 Å². The zero-order chi connectivity index (χ0) is 17.3. The minimum atomic E-state index is -2.56. The van der Waals surface area contributed by atoms with E-state index in [-0.39, 0.29) is 19.6 Å². The average Bonchev–Trinajstić information content (AvgIpc) is 3.12. The monoisotopic (exact) mass is 343 g/mol. The van der Waals surface area contributed by atoms with Crippen LogP contribution in [0, 0.1) is 11.7 Å². The van der Waals surface area contributed by atoms with Gasteiger partial charge in [-0.05, 0) is 24.1 Å². The third-order valence-electron chi connectivity index (χ3n) is 4.50. The van der Waals surface area contributed by atoms with Crippen molar-refractivity contribution in [3.8, 4) is 5.75 Å². The van der Waals surface area contributed by atoms with Crippen LogP contribution in [0.15, 0.2) is 17.2 Å². The summed E-state index contributed by atoms with van der Waals surface area (Å²) in [7, 11) is 1.54. The van der Waals surface area contributed by atoms with Gasteiger partial charge in [-0.15, -0.1) is 0 Å². The Labute approximate surface area is 138 Å². The summed E-state index contributed by atoms with van der Waals surface area (Å²) in [5.74, 6) is -0.434. The van der Waals surface area contributed by atoms with Gasteiger partial charge in [0, 0.05) is 37.8 Å². The average molecular weight is 343 g/mol. The zero-order valence-electron chi connectivity index (χ0n) is 13.3. The molecule has 0 amide bonds. The van der Waals surface area contributed by atoms with Gasteiger partial charge in [-0.25, -0.2) is 13.2 Å². The molecule has 8 heteroatoms. The summed E-state index contributed by atoms with van der Waals surface area (Å²) >= 11 is 0. The second-order valence-electron chi connectivity index (χ2n) is 6.29. The minimum absolute atomic E-state index is 0.208. The van der Waals surface area contributed by atoms with Crippen LogP contribution in [-0.2, 0) is 17.6 Å². The number of hydrogen-bond acceptors (Lipinski definition) is 5. The number of hydrazone groups is 1. The lowest BCUT2D eigenvalue weighted by Gasteiger charge is -2.27. The SMILES string of the molecule is COCC1(CN)Cc2cc(F)cc(CC3C=NN[C@@H]3C(F)F)c2O1. The summed E-state index contributed by atoms with van der Waals surface area (Å²) in [6.45, 7) is 0.480. The molecule has 24 heavy (non-hydrogen) atoms. The van der Waals surface area contributed by atoms with Crippen LogP contribution in [0.2, 0.25) is 0 Å². The van der Waals surface area contributed by atoms with Gasteiger partial charge in [0.05, 0.1) is 6.61 Å². The molecule has 1 aromatic rings. The van der Waals surface area contributed by atoms with Gasteiger partial charge < -0.3 is 20.6 Å². The number of alkyl halides is 2. The molecule has 0 saturated heterocycles. The molecular formula is C16H20F3N3O2. The predicted octanol–water partition coefficient (Wildman–Crippen LogP) is 1.49. The molecule has 2 heterocycles. The Morgan fingerprint density at radius 3 is 2.96 bits per heavy atom. The van der Waals surface area contributed by atoms with E-state index in [0.29, 0.717) is 23.3 Å². The largest absolute Gasteiger partial charge is 0.483 e. The minimum Gasteiger partial charge on any atom is -0.483 e. The lowest BCUT2D eigenvalue weighted by atomic mass is 9.92. The molecule has 0 fully saturated rings. The Balaban J connectivity index is 1.88. The number of nitrogens with two attached hydrogens (primary N) is 1. The van der Waals surface area contributed by atoms with E-state index in [1.165, 1.54) is 18.3 Å². The lowest BCUT2D eigenvalue weighted by Crippen LogP contribution is -2.46. The molecule has 0 bridgehead atoms. The van der Waals surface area contributed by atoms with Gasteiger partial charge in [0.1, 0.15) is 23.2 Å². The highest BCUT2D eigenvalue weighted by atomic mass is 19.3. The Kier molecular flexibility index (Phi) is 4.69. The van der Waals surface area contributed by atoms with Gasteiger partial charge in [0.25, 0.3) is 6.43 Å². The molecule has 5 nitrogen and oxygen atoms in total. The van der Waals surface area contributed by atoms with Gasteiger partial charge in [-0.1, -0.05) is 0 Å². The molecule has 0 aromatic heterocycles. The second-order valence-corrected chi connectivity index (χ2v) is 6.29. The first kappa shape index (κ1) is 17.0. The number of hydrogen-bond donors (Lipinski definition) is 2. The summed E-state index contributed by atoms with van der Waals surface area (Å²) in [4.78, 5) is 0. The number of methoxy groups -OCH3 is 1. The van der Waals surface area contributed by atoms with Gasteiger partial charge in [0.15, 0.2) is 0 Å². The molecule has 2 aliphatic rings. The van der Waals surface area contributed by atoms with Gasteiger partial charge >= 0.3 is 0 Å². The van der Waals surface area contributed by atoms with Crippen molar-refractivity contribution in [2.75, 3.05) is 20.3 Å². The fourth-order valence-corrected chi connectivity index (χ4v) is 3.33. The van der Waals surface area contributed by atoms with E-state index in [9.17, 15) is 13.2 Å². The van der Waals surface area contributed by atoms with Crippen LogP contribution in [-0.4, -0.2) is 44.5 Å². The number of fused-ring (bicyclic) bond motifs is 1. The summed E-state index contributed by atoms with van der Waals surface area (Å²) < 4.78 is 51.2. The fraction of sp³-hybridized carbons (Fsp3) is 0.562. The second kappa shape index (κ2) is 6.60. The Hall–Kier alpha value is -1.80. The van der Waals surface area contributed by atoms with Crippen molar-refractivity contribution in [3.63, 3.8) is 0 Å². The van der Waals surface area contributed by atoms with E-state index in [2.05, 4.69) is 10.5 Å². The van der Waals surface area contributed by atoms with Crippen molar-refractivity contribution >= 4 is 6.21 Å². The molecule has 3 N–H and O–H groups in total. The first-order valence-electron chi connectivity index (χ1n) is 7.74. The Morgan fingerprint density at radius 2 is 2.29 bits per heavy atom. The molecule has 3 atom stereocenters. The topological polar surface area (TPSA) is 68.9 Å². The summed E-state index contributed by atoms with van der Waals surface area (Å²) in [5, 5.41) is 3.72. The van der Waals surface area contributed by atoms with Crippen LogP contribution in [0.1, 0.15) is 11.1 Å². The molecule has 2 unspecified atom stereocenters. The quantitative estimate of drug-likeness (QED) is 0.821. The van der Waals surface area contributed by atoms with Crippen LogP contribution in [0.25, 0.3) is 0 Å². The summed E-state index contributed by atoms with van der Waals surface area (Å²) in [6.07, 6.45) is -0.489. The van der Waals surface area contributed by atoms with Crippen molar-refractivity contribution in [2.24, 2.45) is 16.8 Å². The zero-order valence-corrected chi connectivity index (χ0v) is 13.3. The number of halogens is 3. The van der Waals surface area contributed by atoms with Gasteiger partial charge in [0.2, 0.25) is 0 Å². The predicted molar refractivity (Wildman–Crippen MR) is 83.0 cm³/mol. The van der Waals surface area contributed by atoms with Crippen LogP contribution >= 0.6 is 0 Å². The third-order valence-corrected chi connectivity index (χ3v) is 4.50. The van der Waals surface area contributed by atoms with E-state index < -0.39 is 29.8 Å². The van der Waals surface area contributed by atoms with E-state index >= 15 is 0 Å². The first-order valence-corrected chi connectivity index (χ1v) is 7.74. The van der Waals surface area contributed by atoms with Crippen molar-refractivity contribution in [1.82, 2.24) is 5.43 Å². The first-order chi connectivity index (χ1) is 11.5. The van der Waals surface area contributed by atoms with E-state index in [1.807, 2.05) is 0 Å². The number of nitrogens with zero attached hydrogens (tertiary/aromatic N) is 1. The maximum absolute atomic E-state index is 14.0. The molecule has 3 rings (SSSR count). The molecule has 2 aliphatic heterocycles. The Morgan fingerprint density at radius 1 is 1.50 bits per heavy atom. The molecular weight excluding hydrogens is 323 g/mol. The third kappa shape index (κ3) is 3.08. The van der Waals surface area contributed by atoms with Crippen molar-refractivity contribution in [2.45, 2.75) is 30.9 Å². The summed E-state index contributed by atoms with van der Waals surface area (Å²) in [5.41, 5.74) is 8.70. The van der Waals surface area contributed by atoms with E-state index in [4.69, 9.17) is 15.2 Å². The molecule has 132 valence electrons. The smallest absolute Gasteiger partial charge is 0.260 e. The molecule has 1 aromatic carbocycles. The van der Waals surface area contributed by atoms with Crippen LogP contribution in [0.4, 0.5) is 13.2 Å². The molecule has 0 spiro atoms. The number of nitrogens with one attached hydrogen (secondary N) is 1. The fourth-order valence-electron chi connectivity index (χ4n) is 3.33. The Bertz CT molecular complexity index is 641. The lowest BCUT2D eigenvalue weighted by molar-refractivity contribution is 0.0124. The highest BCUT2D eigenvalue weighted by Crippen LogP contribution is 2.40. The molecule has 0 aliphatic carbocycles. The van der Waals surface area contributed by atoms with E-state index in [0.717, 1.165) is 0 Å².